The van der Waals surface area contributed by atoms with E-state index in [1.807, 2.05) is 30.3 Å². The van der Waals surface area contributed by atoms with Crippen LogP contribution >= 0.6 is 23.2 Å². The molecular weight excluding hydrogens is 333 g/mol. The average molecular weight is 348 g/mol. The lowest BCUT2D eigenvalue weighted by molar-refractivity contribution is -0.141. The molecule has 2 unspecified atom stereocenters. The zero-order valence-corrected chi connectivity index (χ0v) is 14.0. The van der Waals surface area contributed by atoms with Crippen LogP contribution in [0.3, 0.4) is 0 Å². The molecule has 0 saturated heterocycles. The fourth-order valence-corrected chi connectivity index (χ4v) is 3.08. The number of hydrogen-bond acceptors (Lipinski definition) is 3. The van der Waals surface area contributed by atoms with Crippen molar-refractivity contribution in [3.63, 3.8) is 0 Å². The maximum absolute atomic E-state index is 11.8. The van der Waals surface area contributed by atoms with Crippen molar-refractivity contribution in [1.82, 2.24) is 0 Å². The molecule has 0 fully saturated rings. The highest BCUT2D eigenvalue weighted by Gasteiger charge is 2.28. The molecule has 0 radical (unpaired) electrons. The maximum atomic E-state index is 11.8. The Morgan fingerprint density at radius 3 is 2.26 bits per heavy atom. The Morgan fingerprint density at radius 1 is 1.13 bits per heavy atom. The number of rotatable bonds is 5. The van der Waals surface area contributed by atoms with Crippen LogP contribution in [0.5, 0.6) is 0 Å². The van der Waals surface area contributed by atoms with Crippen molar-refractivity contribution in [2.45, 2.75) is 18.3 Å². The van der Waals surface area contributed by atoms with E-state index in [2.05, 4.69) is 6.07 Å². The Labute approximate surface area is 145 Å². The standard InChI is InChI=1S/C18H15Cl2NO2/c1-23-18(22)10-16(13-7-14(19)9-15(20)8-13)17(11-21)12-5-3-2-4-6-12/h2-9,16-17H,10H2,1H3. The van der Waals surface area contributed by atoms with Gasteiger partial charge in [0.15, 0.2) is 0 Å². The zero-order valence-electron chi connectivity index (χ0n) is 12.5. The normalized spacial score (nSPS) is 13.0. The van der Waals surface area contributed by atoms with E-state index in [9.17, 15) is 10.1 Å². The van der Waals surface area contributed by atoms with E-state index >= 15 is 0 Å². The van der Waals surface area contributed by atoms with E-state index in [-0.39, 0.29) is 12.4 Å². The average Bonchev–Trinajstić information content (AvgIpc) is 2.54. The third-order valence-corrected chi connectivity index (χ3v) is 4.06. The molecule has 0 amide bonds. The second-order valence-corrected chi connectivity index (χ2v) is 5.98. The fourth-order valence-electron chi connectivity index (χ4n) is 2.54. The van der Waals surface area contributed by atoms with Crippen molar-refractivity contribution in [3.8, 4) is 6.07 Å². The van der Waals surface area contributed by atoms with Crippen molar-refractivity contribution in [2.24, 2.45) is 0 Å². The molecular formula is C18H15Cl2NO2. The van der Waals surface area contributed by atoms with Gasteiger partial charge in [0, 0.05) is 16.0 Å². The number of nitriles is 1. The number of nitrogens with zero attached hydrogens (tertiary/aromatic N) is 1. The number of hydrogen-bond donors (Lipinski definition) is 0. The fraction of sp³-hybridized carbons (Fsp3) is 0.222. The molecule has 0 aliphatic heterocycles. The van der Waals surface area contributed by atoms with E-state index in [4.69, 9.17) is 27.9 Å². The Bertz CT molecular complexity index is 705. The van der Waals surface area contributed by atoms with Crippen molar-refractivity contribution in [3.05, 3.63) is 69.7 Å². The maximum Gasteiger partial charge on any atom is 0.306 e. The van der Waals surface area contributed by atoms with Crippen LogP contribution in [0.1, 0.15) is 29.4 Å². The molecule has 2 rings (SSSR count). The minimum absolute atomic E-state index is 0.0697. The number of methoxy groups -OCH3 is 1. The summed E-state index contributed by atoms with van der Waals surface area (Å²) < 4.78 is 4.78. The largest absolute Gasteiger partial charge is 0.469 e. The summed E-state index contributed by atoms with van der Waals surface area (Å²) in [6, 6.07) is 16.7. The van der Waals surface area contributed by atoms with Gasteiger partial charge < -0.3 is 4.74 Å². The molecule has 0 spiro atoms. The summed E-state index contributed by atoms with van der Waals surface area (Å²) in [6.45, 7) is 0. The monoisotopic (exact) mass is 347 g/mol. The van der Waals surface area contributed by atoms with Crippen LogP contribution in [0.2, 0.25) is 10.0 Å². The molecule has 2 atom stereocenters. The van der Waals surface area contributed by atoms with Crippen LogP contribution in [-0.4, -0.2) is 13.1 Å². The van der Waals surface area contributed by atoms with E-state index in [0.717, 1.165) is 11.1 Å². The third kappa shape index (κ3) is 4.48. The molecule has 0 aromatic heterocycles. The van der Waals surface area contributed by atoms with Crippen LogP contribution in [-0.2, 0) is 9.53 Å². The summed E-state index contributed by atoms with van der Waals surface area (Å²) >= 11 is 12.1. The van der Waals surface area contributed by atoms with Gasteiger partial charge in [-0.1, -0.05) is 53.5 Å². The quantitative estimate of drug-likeness (QED) is 0.719. The van der Waals surface area contributed by atoms with Crippen molar-refractivity contribution in [2.75, 3.05) is 7.11 Å². The molecule has 23 heavy (non-hydrogen) atoms. The molecule has 5 heteroatoms. The number of benzene rings is 2. The first-order valence-electron chi connectivity index (χ1n) is 7.02. The summed E-state index contributed by atoms with van der Waals surface area (Å²) in [5, 5.41) is 10.6. The number of halogens is 2. The predicted octanol–water partition coefficient (Wildman–Crippen LogP) is 4.95. The smallest absolute Gasteiger partial charge is 0.306 e. The molecule has 0 aliphatic rings. The SMILES string of the molecule is COC(=O)CC(c1cc(Cl)cc(Cl)c1)C(C#N)c1ccccc1. The lowest BCUT2D eigenvalue weighted by Crippen LogP contribution is -2.15. The Hall–Kier alpha value is -2.02. The Balaban J connectivity index is 2.48. The number of carbonyl (C=O) groups is 1. The number of carbonyl (C=O) groups excluding carboxylic acids is 1. The minimum Gasteiger partial charge on any atom is -0.469 e. The summed E-state index contributed by atoms with van der Waals surface area (Å²) in [4.78, 5) is 11.8. The first-order valence-corrected chi connectivity index (χ1v) is 7.78. The molecule has 0 saturated carbocycles. The van der Waals surface area contributed by atoms with Crippen molar-refractivity contribution >= 4 is 29.2 Å². The van der Waals surface area contributed by atoms with Crippen LogP contribution in [0.15, 0.2) is 48.5 Å². The third-order valence-electron chi connectivity index (χ3n) is 3.63. The van der Waals surface area contributed by atoms with Gasteiger partial charge in [-0.05, 0) is 29.3 Å². The van der Waals surface area contributed by atoms with E-state index in [1.165, 1.54) is 7.11 Å². The van der Waals surface area contributed by atoms with E-state index in [1.54, 1.807) is 18.2 Å². The first kappa shape index (κ1) is 17.3. The highest BCUT2D eigenvalue weighted by molar-refractivity contribution is 6.34. The van der Waals surface area contributed by atoms with Crippen LogP contribution in [0.25, 0.3) is 0 Å². The van der Waals surface area contributed by atoms with Gasteiger partial charge in [-0.3, -0.25) is 4.79 Å². The molecule has 2 aromatic carbocycles. The molecule has 0 aliphatic carbocycles. The molecule has 3 nitrogen and oxygen atoms in total. The zero-order chi connectivity index (χ0) is 16.8. The Kier molecular flexibility index (Phi) is 6.04. The second-order valence-electron chi connectivity index (χ2n) is 5.11. The molecule has 0 bridgehead atoms. The summed E-state index contributed by atoms with van der Waals surface area (Å²) in [6.07, 6.45) is 0.0697. The van der Waals surface area contributed by atoms with Crippen LogP contribution in [0, 0.1) is 11.3 Å². The first-order chi connectivity index (χ1) is 11.0. The van der Waals surface area contributed by atoms with Gasteiger partial charge in [0.2, 0.25) is 0 Å². The van der Waals surface area contributed by atoms with Crippen LogP contribution in [0.4, 0.5) is 0 Å². The molecule has 2 aromatic rings. The van der Waals surface area contributed by atoms with Gasteiger partial charge in [-0.25, -0.2) is 0 Å². The Morgan fingerprint density at radius 2 is 1.74 bits per heavy atom. The summed E-state index contributed by atoms with van der Waals surface area (Å²) in [7, 11) is 1.33. The van der Waals surface area contributed by atoms with Gasteiger partial charge in [-0.15, -0.1) is 0 Å². The topological polar surface area (TPSA) is 50.1 Å². The van der Waals surface area contributed by atoms with Crippen molar-refractivity contribution < 1.29 is 9.53 Å². The van der Waals surface area contributed by atoms with Crippen molar-refractivity contribution in [1.29, 1.82) is 5.26 Å². The lowest BCUT2D eigenvalue weighted by Gasteiger charge is -2.22. The minimum atomic E-state index is -0.509. The van der Waals surface area contributed by atoms with Gasteiger partial charge in [0.25, 0.3) is 0 Å². The van der Waals surface area contributed by atoms with Gasteiger partial charge in [0.1, 0.15) is 0 Å². The van der Waals surface area contributed by atoms with Gasteiger partial charge in [-0.2, -0.15) is 5.26 Å². The van der Waals surface area contributed by atoms with Crippen LogP contribution < -0.4 is 0 Å². The number of esters is 1. The predicted molar refractivity (Wildman–Crippen MR) is 90.6 cm³/mol. The lowest BCUT2D eigenvalue weighted by atomic mass is 9.80. The highest BCUT2D eigenvalue weighted by atomic mass is 35.5. The summed E-state index contributed by atoms with van der Waals surface area (Å²) in [5.41, 5.74) is 1.57. The summed E-state index contributed by atoms with van der Waals surface area (Å²) in [5.74, 6) is -1.29. The highest BCUT2D eigenvalue weighted by Crippen LogP contribution is 2.37. The van der Waals surface area contributed by atoms with E-state index in [0.29, 0.717) is 10.0 Å². The van der Waals surface area contributed by atoms with Gasteiger partial charge >= 0.3 is 5.97 Å². The molecule has 0 N–H and O–H groups in total. The second kappa shape index (κ2) is 8.01. The molecule has 118 valence electrons. The molecule has 0 heterocycles. The van der Waals surface area contributed by atoms with Gasteiger partial charge in [0.05, 0.1) is 25.5 Å². The number of ether oxygens (including phenoxy) is 1. The van der Waals surface area contributed by atoms with E-state index < -0.39 is 11.8 Å².